The predicted molar refractivity (Wildman–Crippen MR) is 91.6 cm³/mol. The van der Waals surface area contributed by atoms with Crippen molar-refractivity contribution in [2.24, 2.45) is 0 Å². The molecule has 1 amide bonds. The molecule has 2 heterocycles. The highest BCUT2D eigenvalue weighted by Crippen LogP contribution is 2.21. The van der Waals surface area contributed by atoms with Crippen LogP contribution in [-0.2, 0) is 0 Å². The summed E-state index contributed by atoms with van der Waals surface area (Å²) in [6.07, 6.45) is -1.70. The van der Waals surface area contributed by atoms with Gasteiger partial charge in [0.25, 0.3) is 5.91 Å². The summed E-state index contributed by atoms with van der Waals surface area (Å²) in [5.74, 6) is -0.361. The van der Waals surface area contributed by atoms with Gasteiger partial charge in [-0.2, -0.15) is 13.2 Å². The zero-order valence-electron chi connectivity index (χ0n) is 13.0. The highest BCUT2D eigenvalue weighted by molar-refractivity contribution is 7.16. The van der Waals surface area contributed by atoms with E-state index >= 15 is 0 Å². The van der Waals surface area contributed by atoms with E-state index in [2.05, 4.69) is 15.3 Å². The molecule has 2 aromatic heterocycles. The molecule has 0 aliphatic rings. The SMILES string of the molecule is Cc1cc(/C=C/C(F)(F)F)ccc1C(=O)Nc1cnc2scnc2c1. The van der Waals surface area contributed by atoms with Crippen molar-refractivity contribution in [2.75, 3.05) is 5.32 Å². The van der Waals surface area contributed by atoms with Gasteiger partial charge < -0.3 is 5.32 Å². The lowest BCUT2D eigenvalue weighted by Crippen LogP contribution is -2.13. The number of nitrogens with zero attached hydrogens (tertiary/aromatic N) is 2. The Kier molecular flexibility index (Phi) is 4.54. The Morgan fingerprint density at radius 2 is 2.04 bits per heavy atom. The van der Waals surface area contributed by atoms with Crippen LogP contribution in [0.2, 0.25) is 0 Å². The molecule has 0 saturated heterocycles. The summed E-state index contributed by atoms with van der Waals surface area (Å²) < 4.78 is 36.7. The Hall–Kier alpha value is -2.74. The van der Waals surface area contributed by atoms with Crippen molar-refractivity contribution < 1.29 is 18.0 Å². The fourth-order valence-electron chi connectivity index (χ4n) is 2.26. The van der Waals surface area contributed by atoms with Crippen LogP contribution in [0.1, 0.15) is 21.5 Å². The molecule has 0 radical (unpaired) electrons. The number of aryl methyl sites for hydroxylation is 1. The number of benzene rings is 1. The van der Waals surface area contributed by atoms with Gasteiger partial charge in [0.15, 0.2) is 0 Å². The van der Waals surface area contributed by atoms with E-state index in [0.29, 0.717) is 27.9 Å². The van der Waals surface area contributed by atoms with E-state index in [1.54, 1.807) is 18.5 Å². The number of amides is 1. The number of carbonyl (C=O) groups is 1. The number of carbonyl (C=O) groups excluding carboxylic acids is 1. The molecule has 1 aromatic carbocycles. The summed E-state index contributed by atoms with van der Waals surface area (Å²) >= 11 is 1.40. The number of halogens is 3. The molecular formula is C17H12F3N3OS. The molecule has 128 valence electrons. The number of rotatable bonds is 3. The van der Waals surface area contributed by atoms with Crippen LogP contribution in [0.5, 0.6) is 0 Å². The first kappa shape index (κ1) is 17.1. The summed E-state index contributed by atoms with van der Waals surface area (Å²) in [6.45, 7) is 1.67. The van der Waals surface area contributed by atoms with Crippen LogP contribution >= 0.6 is 11.3 Å². The maximum Gasteiger partial charge on any atom is 0.409 e. The smallest absolute Gasteiger partial charge is 0.321 e. The minimum atomic E-state index is -4.37. The first-order valence-corrected chi connectivity index (χ1v) is 8.07. The summed E-state index contributed by atoms with van der Waals surface area (Å²) in [4.78, 5) is 21.5. The number of hydrogen-bond donors (Lipinski definition) is 1. The summed E-state index contributed by atoms with van der Waals surface area (Å²) in [5.41, 5.74) is 4.18. The summed E-state index contributed by atoms with van der Waals surface area (Å²) in [6, 6.07) is 6.20. The first-order valence-electron chi connectivity index (χ1n) is 7.19. The Balaban J connectivity index is 1.78. The number of nitrogens with one attached hydrogen (secondary N) is 1. The van der Waals surface area contributed by atoms with E-state index in [1.165, 1.54) is 35.7 Å². The van der Waals surface area contributed by atoms with Crippen LogP contribution in [0.25, 0.3) is 16.4 Å². The van der Waals surface area contributed by atoms with Crippen molar-refractivity contribution in [1.29, 1.82) is 0 Å². The molecule has 4 nitrogen and oxygen atoms in total. The van der Waals surface area contributed by atoms with Crippen molar-refractivity contribution in [2.45, 2.75) is 13.1 Å². The van der Waals surface area contributed by atoms with Crippen molar-refractivity contribution in [1.82, 2.24) is 9.97 Å². The van der Waals surface area contributed by atoms with Gasteiger partial charge in [0.05, 0.1) is 17.4 Å². The topological polar surface area (TPSA) is 54.9 Å². The number of alkyl halides is 3. The van der Waals surface area contributed by atoms with Crippen molar-refractivity contribution in [3.05, 3.63) is 58.7 Å². The summed E-state index contributed by atoms with van der Waals surface area (Å²) in [5, 5.41) is 2.72. The standard InChI is InChI=1S/C17H12F3N3OS/c1-10-6-11(4-5-17(18,19)20)2-3-13(10)15(24)23-12-7-14-16(21-8-12)25-9-22-14/h2-9H,1H3,(H,23,24)/b5-4+. The zero-order chi connectivity index (χ0) is 18.0. The number of thiazole rings is 1. The van der Waals surface area contributed by atoms with Gasteiger partial charge >= 0.3 is 6.18 Å². The van der Waals surface area contributed by atoms with Gasteiger partial charge in [0.2, 0.25) is 0 Å². The Morgan fingerprint density at radius 1 is 1.24 bits per heavy atom. The van der Waals surface area contributed by atoms with E-state index in [1.807, 2.05) is 0 Å². The maximum atomic E-state index is 12.4. The van der Waals surface area contributed by atoms with Gasteiger partial charge in [-0.25, -0.2) is 9.97 Å². The number of allylic oxidation sites excluding steroid dienone is 1. The second-order valence-corrected chi connectivity index (χ2v) is 6.14. The third-order valence-corrected chi connectivity index (χ3v) is 4.15. The lowest BCUT2D eigenvalue weighted by molar-refractivity contribution is -0.0790. The number of fused-ring (bicyclic) bond motifs is 1. The average Bonchev–Trinajstić information content (AvgIpc) is 3.00. The fraction of sp³-hybridized carbons (Fsp3) is 0.118. The lowest BCUT2D eigenvalue weighted by Gasteiger charge is -2.08. The third-order valence-electron chi connectivity index (χ3n) is 3.41. The molecule has 0 aliphatic heterocycles. The van der Waals surface area contributed by atoms with Crippen LogP contribution in [-0.4, -0.2) is 22.1 Å². The van der Waals surface area contributed by atoms with Crippen molar-refractivity contribution in [3.63, 3.8) is 0 Å². The highest BCUT2D eigenvalue weighted by atomic mass is 32.1. The summed E-state index contributed by atoms with van der Waals surface area (Å²) in [7, 11) is 0. The molecule has 3 aromatic rings. The quantitative estimate of drug-likeness (QED) is 0.725. The molecule has 0 aliphatic carbocycles. The van der Waals surface area contributed by atoms with Crippen molar-refractivity contribution in [3.8, 4) is 0 Å². The van der Waals surface area contributed by atoms with E-state index < -0.39 is 6.18 Å². The van der Waals surface area contributed by atoms with Crippen LogP contribution in [0, 0.1) is 6.92 Å². The number of anilines is 1. The second-order valence-electron chi connectivity index (χ2n) is 5.30. The van der Waals surface area contributed by atoms with Gasteiger partial charge in [-0.15, -0.1) is 11.3 Å². The van der Waals surface area contributed by atoms with E-state index in [0.717, 1.165) is 10.9 Å². The van der Waals surface area contributed by atoms with Crippen molar-refractivity contribution >= 4 is 39.4 Å². The normalized spacial score (nSPS) is 12.0. The van der Waals surface area contributed by atoms with Gasteiger partial charge in [0.1, 0.15) is 10.3 Å². The molecule has 3 rings (SSSR count). The van der Waals surface area contributed by atoms with Gasteiger partial charge in [0, 0.05) is 11.6 Å². The van der Waals surface area contributed by atoms with E-state index in [9.17, 15) is 18.0 Å². The Morgan fingerprint density at radius 3 is 2.76 bits per heavy atom. The molecule has 0 spiro atoms. The van der Waals surface area contributed by atoms with Crippen LogP contribution in [0.15, 0.2) is 42.0 Å². The molecule has 25 heavy (non-hydrogen) atoms. The lowest BCUT2D eigenvalue weighted by atomic mass is 10.0. The monoisotopic (exact) mass is 363 g/mol. The molecule has 8 heteroatoms. The zero-order valence-corrected chi connectivity index (χ0v) is 13.8. The number of aromatic nitrogens is 2. The van der Waals surface area contributed by atoms with Crippen LogP contribution in [0.3, 0.4) is 0 Å². The largest absolute Gasteiger partial charge is 0.409 e. The van der Waals surface area contributed by atoms with Crippen LogP contribution < -0.4 is 5.32 Å². The minimum Gasteiger partial charge on any atom is -0.321 e. The van der Waals surface area contributed by atoms with Gasteiger partial charge in [-0.1, -0.05) is 18.2 Å². The van der Waals surface area contributed by atoms with E-state index in [-0.39, 0.29) is 12.0 Å². The Labute approximate surface area is 145 Å². The molecule has 0 saturated carbocycles. The molecule has 0 bridgehead atoms. The average molecular weight is 363 g/mol. The molecule has 0 fully saturated rings. The number of pyridine rings is 1. The third kappa shape index (κ3) is 4.21. The minimum absolute atomic E-state index is 0.163. The second kappa shape index (κ2) is 6.64. The Bertz CT molecular complexity index is 963. The number of hydrogen-bond acceptors (Lipinski definition) is 4. The predicted octanol–water partition coefficient (Wildman–Crippen LogP) is 4.83. The van der Waals surface area contributed by atoms with Crippen LogP contribution in [0.4, 0.5) is 18.9 Å². The molecule has 0 unspecified atom stereocenters. The maximum absolute atomic E-state index is 12.4. The van der Waals surface area contributed by atoms with Gasteiger partial charge in [-0.3, -0.25) is 4.79 Å². The fourth-order valence-corrected chi connectivity index (χ4v) is 2.87. The molecule has 1 N–H and O–H groups in total. The molecular weight excluding hydrogens is 351 g/mol. The first-order chi connectivity index (χ1) is 11.8. The van der Waals surface area contributed by atoms with E-state index in [4.69, 9.17) is 0 Å². The highest BCUT2D eigenvalue weighted by Gasteiger charge is 2.21. The van der Waals surface area contributed by atoms with Gasteiger partial charge in [-0.05, 0) is 30.2 Å². The molecule has 0 atom stereocenters.